The lowest BCUT2D eigenvalue weighted by atomic mass is 10.1. The van der Waals surface area contributed by atoms with Gasteiger partial charge in [-0.2, -0.15) is 13.2 Å². The van der Waals surface area contributed by atoms with Crippen molar-refractivity contribution in [3.05, 3.63) is 64.9 Å². The summed E-state index contributed by atoms with van der Waals surface area (Å²) < 4.78 is 43.0. The third-order valence-electron chi connectivity index (χ3n) is 3.98. The van der Waals surface area contributed by atoms with Crippen molar-refractivity contribution in [3.8, 4) is 16.3 Å². The molecule has 0 radical (unpaired) electrons. The maximum absolute atomic E-state index is 12.7. The monoisotopic (exact) mass is 407 g/mol. The van der Waals surface area contributed by atoms with Crippen molar-refractivity contribution in [1.82, 2.24) is 15.3 Å². The highest BCUT2D eigenvalue weighted by Crippen LogP contribution is 2.31. The van der Waals surface area contributed by atoms with Crippen molar-refractivity contribution < 1.29 is 22.7 Å². The number of hydrogen-bond acceptors (Lipinski definition) is 5. The zero-order valence-electron chi connectivity index (χ0n) is 14.9. The third-order valence-corrected chi connectivity index (χ3v) is 4.87. The Morgan fingerprint density at radius 2 is 1.89 bits per heavy atom. The van der Waals surface area contributed by atoms with Crippen molar-refractivity contribution in [2.75, 3.05) is 7.11 Å². The zero-order chi connectivity index (χ0) is 20.3. The molecule has 0 saturated heterocycles. The van der Waals surface area contributed by atoms with Gasteiger partial charge in [-0.25, -0.2) is 4.98 Å². The number of halogens is 3. The van der Waals surface area contributed by atoms with E-state index < -0.39 is 11.7 Å². The van der Waals surface area contributed by atoms with Crippen LogP contribution >= 0.6 is 11.3 Å². The van der Waals surface area contributed by atoms with Gasteiger partial charge >= 0.3 is 6.18 Å². The van der Waals surface area contributed by atoms with Crippen LogP contribution in [0.2, 0.25) is 0 Å². The first-order valence-electron chi connectivity index (χ1n) is 8.22. The number of thiazole rings is 1. The van der Waals surface area contributed by atoms with Crippen LogP contribution in [-0.4, -0.2) is 23.0 Å². The number of amides is 1. The Morgan fingerprint density at radius 1 is 1.18 bits per heavy atom. The Morgan fingerprint density at radius 3 is 2.46 bits per heavy atom. The van der Waals surface area contributed by atoms with E-state index in [9.17, 15) is 18.0 Å². The first-order chi connectivity index (χ1) is 13.3. The molecule has 0 spiro atoms. The number of alkyl halides is 3. The van der Waals surface area contributed by atoms with Crippen LogP contribution in [0.5, 0.6) is 5.75 Å². The van der Waals surface area contributed by atoms with Gasteiger partial charge in [0.1, 0.15) is 16.5 Å². The highest BCUT2D eigenvalue weighted by molar-refractivity contribution is 7.13. The number of ether oxygens (including phenoxy) is 1. The smallest absolute Gasteiger partial charge is 0.416 e. The second-order valence-corrected chi connectivity index (χ2v) is 6.79. The molecule has 5 nitrogen and oxygen atoms in total. The molecule has 0 bridgehead atoms. The summed E-state index contributed by atoms with van der Waals surface area (Å²) in [5.74, 6) is 0.225. The number of aromatic nitrogens is 2. The molecule has 1 N–H and O–H groups in total. The quantitative estimate of drug-likeness (QED) is 0.665. The van der Waals surface area contributed by atoms with E-state index in [1.54, 1.807) is 37.7 Å². The molecule has 2 aromatic heterocycles. The fourth-order valence-electron chi connectivity index (χ4n) is 2.43. The summed E-state index contributed by atoms with van der Waals surface area (Å²) in [6.45, 7) is 1.79. The van der Waals surface area contributed by atoms with Crippen LogP contribution in [-0.2, 0) is 6.18 Å². The molecule has 28 heavy (non-hydrogen) atoms. The summed E-state index contributed by atoms with van der Waals surface area (Å²) in [5, 5.41) is 4.83. The number of nitrogens with zero attached hydrogens (tertiary/aromatic N) is 2. The molecule has 0 aliphatic rings. The molecule has 1 atom stereocenters. The van der Waals surface area contributed by atoms with Crippen molar-refractivity contribution in [2.24, 2.45) is 0 Å². The first kappa shape index (κ1) is 19.8. The van der Waals surface area contributed by atoms with Crippen LogP contribution in [0.25, 0.3) is 10.6 Å². The average Bonchev–Trinajstić information content (AvgIpc) is 3.18. The van der Waals surface area contributed by atoms with Gasteiger partial charge in [0.2, 0.25) is 0 Å². The molecule has 0 aliphatic heterocycles. The van der Waals surface area contributed by atoms with Crippen molar-refractivity contribution in [1.29, 1.82) is 0 Å². The largest absolute Gasteiger partial charge is 0.495 e. The summed E-state index contributed by atoms with van der Waals surface area (Å²) >= 11 is 1.19. The van der Waals surface area contributed by atoms with Crippen LogP contribution in [0.4, 0.5) is 13.2 Å². The Labute approximate surface area is 163 Å². The Hall–Kier alpha value is -2.94. The number of benzene rings is 1. The highest BCUT2D eigenvalue weighted by atomic mass is 32.1. The van der Waals surface area contributed by atoms with E-state index in [1.807, 2.05) is 0 Å². The van der Waals surface area contributed by atoms with E-state index in [0.29, 0.717) is 22.0 Å². The van der Waals surface area contributed by atoms with E-state index in [0.717, 1.165) is 12.1 Å². The number of carbonyl (C=O) groups excluding carboxylic acids is 1. The number of methoxy groups -OCH3 is 1. The standard InChI is InChI=1S/C19H16F3N3O2S/c1-11(15-8-7-14(27-2)9-23-15)24-17(26)16-10-28-18(25-16)12-3-5-13(6-4-12)19(20,21)22/h3-11H,1-2H3,(H,24,26)/t11-/m1/s1. The van der Waals surface area contributed by atoms with Crippen LogP contribution < -0.4 is 10.1 Å². The maximum Gasteiger partial charge on any atom is 0.416 e. The summed E-state index contributed by atoms with van der Waals surface area (Å²) in [4.78, 5) is 20.9. The van der Waals surface area contributed by atoms with E-state index >= 15 is 0 Å². The van der Waals surface area contributed by atoms with Gasteiger partial charge in [-0.3, -0.25) is 9.78 Å². The van der Waals surface area contributed by atoms with Gasteiger partial charge in [0.25, 0.3) is 5.91 Å². The van der Waals surface area contributed by atoms with Crippen LogP contribution in [0.3, 0.4) is 0 Å². The van der Waals surface area contributed by atoms with Gasteiger partial charge in [-0.05, 0) is 31.2 Å². The molecule has 2 heterocycles. The Bertz CT molecular complexity index is 954. The van der Waals surface area contributed by atoms with Crippen molar-refractivity contribution in [2.45, 2.75) is 19.1 Å². The topological polar surface area (TPSA) is 64.1 Å². The average molecular weight is 407 g/mol. The summed E-state index contributed by atoms with van der Waals surface area (Å²) in [6.07, 6.45) is -2.83. The number of nitrogens with one attached hydrogen (secondary N) is 1. The third kappa shape index (κ3) is 4.48. The maximum atomic E-state index is 12.7. The predicted molar refractivity (Wildman–Crippen MR) is 99.2 cm³/mol. The lowest BCUT2D eigenvalue weighted by Crippen LogP contribution is -2.27. The minimum absolute atomic E-state index is 0.195. The SMILES string of the molecule is COc1ccc([C@@H](C)NC(=O)c2csc(-c3ccc(C(F)(F)F)cc3)n2)nc1. The highest BCUT2D eigenvalue weighted by Gasteiger charge is 2.30. The van der Waals surface area contributed by atoms with Crippen molar-refractivity contribution in [3.63, 3.8) is 0 Å². The summed E-state index contributed by atoms with van der Waals surface area (Å²) in [7, 11) is 1.54. The summed E-state index contributed by atoms with van der Waals surface area (Å²) in [5.41, 5.74) is 0.640. The molecule has 1 amide bonds. The first-order valence-corrected chi connectivity index (χ1v) is 9.10. The van der Waals surface area contributed by atoms with Crippen LogP contribution in [0.1, 0.15) is 34.7 Å². The molecule has 0 aliphatic carbocycles. The Kier molecular flexibility index (Phi) is 5.64. The van der Waals surface area contributed by atoms with E-state index in [-0.39, 0.29) is 17.6 Å². The zero-order valence-corrected chi connectivity index (χ0v) is 15.8. The van der Waals surface area contributed by atoms with Crippen LogP contribution in [0.15, 0.2) is 48.0 Å². The molecule has 3 aromatic rings. The number of hydrogen-bond donors (Lipinski definition) is 1. The second kappa shape index (κ2) is 7.97. The minimum Gasteiger partial charge on any atom is -0.495 e. The van der Waals surface area contributed by atoms with Gasteiger partial charge < -0.3 is 10.1 Å². The normalized spacial score (nSPS) is 12.5. The molecule has 0 saturated carbocycles. The van der Waals surface area contributed by atoms with Gasteiger partial charge in [-0.15, -0.1) is 11.3 Å². The molecular formula is C19H16F3N3O2S. The second-order valence-electron chi connectivity index (χ2n) is 5.93. The molecular weight excluding hydrogens is 391 g/mol. The molecule has 1 aromatic carbocycles. The van der Waals surface area contributed by atoms with Gasteiger partial charge in [0.15, 0.2) is 0 Å². The fraction of sp³-hybridized carbons (Fsp3) is 0.211. The minimum atomic E-state index is -4.39. The molecule has 0 fully saturated rings. The number of pyridine rings is 1. The molecule has 9 heteroatoms. The van der Waals surface area contributed by atoms with Crippen molar-refractivity contribution >= 4 is 17.2 Å². The molecule has 3 rings (SSSR count). The van der Waals surface area contributed by atoms with Gasteiger partial charge in [0.05, 0.1) is 30.6 Å². The lowest BCUT2D eigenvalue weighted by molar-refractivity contribution is -0.137. The predicted octanol–water partition coefficient (Wildman–Crippen LogP) is 4.72. The van der Waals surface area contributed by atoms with Crippen LogP contribution in [0, 0.1) is 0 Å². The number of rotatable bonds is 5. The summed E-state index contributed by atoms with van der Waals surface area (Å²) in [6, 6.07) is 7.81. The van der Waals surface area contributed by atoms with E-state index in [4.69, 9.17) is 4.74 Å². The van der Waals surface area contributed by atoms with Gasteiger partial charge in [0, 0.05) is 10.9 Å². The molecule has 0 unspecified atom stereocenters. The van der Waals surface area contributed by atoms with E-state index in [1.165, 1.54) is 23.5 Å². The number of carbonyl (C=O) groups is 1. The van der Waals surface area contributed by atoms with Gasteiger partial charge in [-0.1, -0.05) is 12.1 Å². The van der Waals surface area contributed by atoms with E-state index in [2.05, 4.69) is 15.3 Å². The lowest BCUT2D eigenvalue weighted by Gasteiger charge is -2.12. The Balaban J connectivity index is 1.69. The molecule has 146 valence electrons. The fourth-order valence-corrected chi connectivity index (χ4v) is 3.23.